The number of Topliss-reactive ketones (excluding diaryl/α,β-unsaturated/α-hetero) is 1. The van der Waals surface area contributed by atoms with Crippen LogP contribution >= 0.6 is 0 Å². The zero-order chi connectivity index (χ0) is 31.3. The Hall–Kier alpha value is -4.62. The van der Waals surface area contributed by atoms with E-state index in [-0.39, 0.29) is 42.5 Å². The van der Waals surface area contributed by atoms with Crippen LogP contribution in [-0.2, 0) is 24.6 Å². The van der Waals surface area contributed by atoms with Gasteiger partial charge in [0.25, 0.3) is 0 Å². The van der Waals surface area contributed by atoms with Crippen molar-refractivity contribution in [2.75, 3.05) is 19.8 Å². The summed E-state index contributed by atoms with van der Waals surface area (Å²) >= 11 is 0. The summed E-state index contributed by atoms with van der Waals surface area (Å²) in [6.45, 7) is 2.15. The summed E-state index contributed by atoms with van der Waals surface area (Å²) in [5.74, 6) is -2.76. The standard InChI is InChI=1S/C38H35NO6/c1-2-39-36(43)28-18-17-27-30(33(28)37(39)44)21-31-35(42)29(23-9-5-3-6-10-23)22-32(41)38(31,25-11-7-4-8-12-25)34(27)24-13-15-26(16-14-24)45-20-19-40/h3-17,22,28,30-31,33-34,40H,2,18-21H2,1H3. The van der Waals surface area contributed by atoms with Gasteiger partial charge in [-0.1, -0.05) is 84.4 Å². The molecule has 0 bridgehead atoms. The van der Waals surface area contributed by atoms with Crippen molar-refractivity contribution >= 4 is 29.0 Å². The first-order valence-corrected chi connectivity index (χ1v) is 15.7. The van der Waals surface area contributed by atoms with Crippen LogP contribution in [0.25, 0.3) is 5.57 Å². The van der Waals surface area contributed by atoms with Crippen molar-refractivity contribution in [3.05, 3.63) is 119 Å². The van der Waals surface area contributed by atoms with Crippen molar-refractivity contribution in [3.63, 3.8) is 0 Å². The first-order chi connectivity index (χ1) is 21.9. The highest BCUT2D eigenvalue weighted by Crippen LogP contribution is 2.63. The van der Waals surface area contributed by atoms with Crippen LogP contribution in [0.2, 0.25) is 0 Å². The number of ketones is 2. The van der Waals surface area contributed by atoms with E-state index in [1.54, 1.807) is 0 Å². The maximum Gasteiger partial charge on any atom is 0.233 e. The number of benzene rings is 3. The summed E-state index contributed by atoms with van der Waals surface area (Å²) in [6.07, 6.45) is 4.31. The van der Waals surface area contributed by atoms with E-state index >= 15 is 0 Å². The predicted octanol–water partition coefficient (Wildman–Crippen LogP) is 4.90. The fourth-order valence-electron chi connectivity index (χ4n) is 8.55. The molecule has 2 fully saturated rings. The molecule has 0 aromatic heterocycles. The minimum Gasteiger partial charge on any atom is -0.491 e. The van der Waals surface area contributed by atoms with Crippen LogP contribution in [0.5, 0.6) is 5.75 Å². The van der Waals surface area contributed by atoms with E-state index in [2.05, 4.69) is 6.08 Å². The second-order valence-electron chi connectivity index (χ2n) is 12.3. The van der Waals surface area contributed by atoms with Gasteiger partial charge in [0.2, 0.25) is 11.8 Å². The highest BCUT2D eigenvalue weighted by Gasteiger charge is 2.65. The number of carbonyl (C=O) groups is 4. The molecule has 4 aliphatic rings. The molecule has 0 radical (unpaired) electrons. The highest BCUT2D eigenvalue weighted by molar-refractivity contribution is 6.31. The fraction of sp³-hybridized carbons (Fsp3) is 0.316. The van der Waals surface area contributed by atoms with E-state index in [0.717, 1.165) is 16.7 Å². The molecular formula is C38H35NO6. The zero-order valence-electron chi connectivity index (χ0n) is 25.1. The van der Waals surface area contributed by atoms with Gasteiger partial charge in [-0.05, 0) is 60.6 Å². The number of likely N-dealkylation sites (tertiary alicyclic amines) is 1. The molecule has 228 valence electrons. The lowest BCUT2D eigenvalue weighted by Gasteiger charge is -2.55. The Morgan fingerprint density at radius 3 is 2.22 bits per heavy atom. The first-order valence-electron chi connectivity index (χ1n) is 15.7. The Labute approximate surface area is 262 Å². The number of aliphatic hydroxyl groups excluding tert-OH is 1. The Morgan fingerprint density at radius 2 is 1.56 bits per heavy atom. The lowest BCUT2D eigenvalue weighted by atomic mass is 9.44. The number of hydrogen-bond acceptors (Lipinski definition) is 6. The molecule has 1 N–H and O–H groups in total. The maximum absolute atomic E-state index is 15.0. The highest BCUT2D eigenvalue weighted by atomic mass is 16.5. The molecule has 7 nitrogen and oxygen atoms in total. The Kier molecular flexibility index (Phi) is 7.37. The fourth-order valence-corrected chi connectivity index (χ4v) is 8.55. The summed E-state index contributed by atoms with van der Waals surface area (Å²) in [4.78, 5) is 58.3. The minimum absolute atomic E-state index is 0.117. The molecule has 1 aliphatic heterocycles. The second kappa shape index (κ2) is 11.4. The Balaban J connectivity index is 1.47. The van der Waals surface area contributed by atoms with E-state index < -0.39 is 29.1 Å². The van der Waals surface area contributed by atoms with Crippen molar-refractivity contribution in [3.8, 4) is 5.75 Å². The third-order valence-electron chi connectivity index (χ3n) is 10.4. The van der Waals surface area contributed by atoms with E-state index in [9.17, 15) is 24.3 Å². The van der Waals surface area contributed by atoms with Crippen molar-refractivity contribution < 1.29 is 29.0 Å². The SMILES string of the molecule is CCN1C(=O)C2CC=C3C(CC4C(=O)C(c5ccccc5)=CC(=O)C4(c4ccccc4)C3c3ccc(OCCO)cc3)C2C1=O. The quantitative estimate of drug-likeness (QED) is 0.306. The molecule has 45 heavy (non-hydrogen) atoms. The molecule has 3 aromatic rings. The number of carbonyl (C=O) groups excluding carboxylic acids is 4. The molecule has 3 aromatic carbocycles. The minimum atomic E-state index is -1.25. The Morgan fingerprint density at radius 1 is 0.867 bits per heavy atom. The van der Waals surface area contributed by atoms with Crippen LogP contribution in [0.15, 0.2) is 103 Å². The number of rotatable bonds is 7. The summed E-state index contributed by atoms with van der Waals surface area (Å²) in [5, 5.41) is 9.25. The van der Waals surface area contributed by atoms with E-state index in [4.69, 9.17) is 4.74 Å². The average molecular weight is 602 g/mol. The lowest BCUT2D eigenvalue weighted by molar-refractivity contribution is -0.140. The van der Waals surface area contributed by atoms with Gasteiger partial charge in [0.05, 0.1) is 23.9 Å². The third kappa shape index (κ3) is 4.36. The van der Waals surface area contributed by atoms with Crippen LogP contribution in [0.3, 0.4) is 0 Å². The summed E-state index contributed by atoms with van der Waals surface area (Å²) < 4.78 is 5.65. The van der Waals surface area contributed by atoms with Gasteiger partial charge >= 0.3 is 0 Å². The molecule has 7 heteroatoms. The second-order valence-corrected chi connectivity index (χ2v) is 12.3. The van der Waals surface area contributed by atoms with Crippen LogP contribution in [-0.4, -0.2) is 53.1 Å². The summed E-state index contributed by atoms with van der Waals surface area (Å²) in [5.41, 5.74) is 2.34. The van der Waals surface area contributed by atoms with Gasteiger partial charge in [-0.3, -0.25) is 24.1 Å². The molecule has 3 aliphatic carbocycles. The molecule has 0 spiro atoms. The van der Waals surface area contributed by atoms with E-state index in [1.807, 2.05) is 91.9 Å². The van der Waals surface area contributed by atoms with Crippen LogP contribution in [0, 0.1) is 23.7 Å². The van der Waals surface area contributed by atoms with Crippen LogP contribution in [0.1, 0.15) is 42.4 Å². The van der Waals surface area contributed by atoms with Gasteiger partial charge in [0.1, 0.15) is 12.4 Å². The van der Waals surface area contributed by atoms with Crippen molar-refractivity contribution in [1.29, 1.82) is 0 Å². The van der Waals surface area contributed by atoms with Gasteiger partial charge < -0.3 is 9.84 Å². The van der Waals surface area contributed by atoms with Crippen molar-refractivity contribution in [2.45, 2.75) is 31.1 Å². The molecule has 1 saturated carbocycles. The zero-order valence-corrected chi connectivity index (χ0v) is 25.1. The van der Waals surface area contributed by atoms with Crippen LogP contribution in [0.4, 0.5) is 0 Å². The largest absolute Gasteiger partial charge is 0.491 e. The van der Waals surface area contributed by atoms with Gasteiger partial charge in [0, 0.05) is 24.0 Å². The number of fused-ring (bicyclic) bond motifs is 4. The number of allylic oxidation sites excluding steroid dienone is 4. The third-order valence-corrected chi connectivity index (χ3v) is 10.4. The van der Waals surface area contributed by atoms with Gasteiger partial charge in [-0.25, -0.2) is 0 Å². The molecule has 1 heterocycles. The number of aliphatic hydroxyl groups is 1. The van der Waals surface area contributed by atoms with Crippen LogP contribution < -0.4 is 4.74 Å². The molecule has 1 saturated heterocycles. The number of hydrogen-bond donors (Lipinski definition) is 1. The number of nitrogens with zero attached hydrogens (tertiary/aromatic N) is 1. The summed E-state index contributed by atoms with van der Waals surface area (Å²) in [7, 11) is 0. The topological polar surface area (TPSA) is 101 Å². The van der Waals surface area contributed by atoms with E-state index in [1.165, 1.54) is 11.0 Å². The smallest absolute Gasteiger partial charge is 0.233 e. The van der Waals surface area contributed by atoms with E-state index in [0.29, 0.717) is 36.3 Å². The molecule has 6 unspecified atom stereocenters. The normalized spacial score (nSPS) is 29.0. The van der Waals surface area contributed by atoms with Gasteiger partial charge in [-0.2, -0.15) is 0 Å². The predicted molar refractivity (Wildman–Crippen MR) is 168 cm³/mol. The summed E-state index contributed by atoms with van der Waals surface area (Å²) in [6, 6.07) is 26.3. The monoisotopic (exact) mass is 601 g/mol. The molecule has 7 rings (SSSR count). The van der Waals surface area contributed by atoms with Gasteiger partial charge in [-0.15, -0.1) is 0 Å². The average Bonchev–Trinajstić information content (AvgIpc) is 3.33. The number of amides is 2. The first kappa shape index (κ1) is 29.1. The molecule has 6 atom stereocenters. The number of imide groups is 1. The Bertz CT molecular complexity index is 1730. The lowest BCUT2D eigenvalue weighted by Crippen LogP contribution is -2.58. The van der Waals surface area contributed by atoms with Crippen molar-refractivity contribution in [2.24, 2.45) is 23.7 Å². The number of ether oxygens (including phenoxy) is 1. The van der Waals surface area contributed by atoms with Crippen molar-refractivity contribution in [1.82, 2.24) is 4.90 Å². The molecule has 2 amide bonds. The molecular weight excluding hydrogens is 566 g/mol. The maximum atomic E-state index is 15.0. The van der Waals surface area contributed by atoms with Gasteiger partial charge in [0.15, 0.2) is 11.6 Å².